The largest absolute Gasteiger partial charge is 0.481 e. The first-order chi connectivity index (χ1) is 9.58. The Kier molecular flexibility index (Phi) is 4.78. The molecule has 2 unspecified atom stereocenters. The highest BCUT2D eigenvalue weighted by molar-refractivity contribution is 5.91. The summed E-state index contributed by atoms with van der Waals surface area (Å²) in [6.07, 6.45) is 0.519. The van der Waals surface area contributed by atoms with Crippen molar-refractivity contribution in [3.05, 3.63) is 0 Å². The number of amides is 3. The number of nitrogens with zero attached hydrogens (tertiary/aromatic N) is 1. The lowest BCUT2D eigenvalue weighted by molar-refractivity contribution is -0.142. The first kappa shape index (κ1) is 14.6. The summed E-state index contributed by atoms with van der Waals surface area (Å²) in [6, 6.07) is -1.33. The molecule has 0 radical (unpaired) electrons. The van der Waals surface area contributed by atoms with Gasteiger partial charge in [-0.05, 0) is 6.42 Å². The average Bonchev–Trinajstić information content (AvgIpc) is 2.91. The van der Waals surface area contributed by atoms with Crippen LogP contribution in [0.5, 0.6) is 0 Å². The van der Waals surface area contributed by atoms with Crippen molar-refractivity contribution in [3.63, 3.8) is 0 Å². The van der Waals surface area contributed by atoms with Crippen LogP contribution < -0.4 is 10.6 Å². The third kappa shape index (κ3) is 3.60. The first-order valence-corrected chi connectivity index (χ1v) is 6.69. The topological polar surface area (TPSA) is 108 Å². The smallest absolute Gasteiger partial charge is 0.318 e. The lowest BCUT2D eigenvalue weighted by Gasteiger charge is -2.34. The minimum atomic E-state index is -1.10. The highest BCUT2D eigenvalue weighted by atomic mass is 16.5. The molecule has 2 saturated heterocycles. The molecule has 0 aromatic carbocycles. The van der Waals surface area contributed by atoms with Crippen LogP contribution in [-0.4, -0.2) is 66.8 Å². The predicted molar refractivity (Wildman–Crippen MR) is 68.1 cm³/mol. The van der Waals surface area contributed by atoms with Gasteiger partial charge in [-0.2, -0.15) is 0 Å². The number of carbonyl (C=O) groups is 3. The number of rotatable bonds is 4. The van der Waals surface area contributed by atoms with Gasteiger partial charge in [0, 0.05) is 32.2 Å². The molecule has 2 atom stereocenters. The van der Waals surface area contributed by atoms with E-state index in [1.165, 1.54) is 4.90 Å². The number of hydrogen-bond acceptors (Lipinski definition) is 4. The molecule has 2 aliphatic rings. The van der Waals surface area contributed by atoms with Crippen LogP contribution in [0.2, 0.25) is 0 Å². The van der Waals surface area contributed by atoms with Gasteiger partial charge in [-0.3, -0.25) is 9.59 Å². The number of hydrogen-bond donors (Lipinski definition) is 3. The van der Waals surface area contributed by atoms with Gasteiger partial charge in [-0.15, -0.1) is 0 Å². The zero-order valence-electron chi connectivity index (χ0n) is 11.1. The maximum atomic E-state index is 12.1. The monoisotopic (exact) mass is 285 g/mol. The SMILES string of the molecule is O=C(O)CC1C(=O)NCCN1C(=O)NCC1CCOC1. The molecule has 8 heteroatoms. The maximum Gasteiger partial charge on any atom is 0.318 e. The van der Waals surface area contributed by atoms with Gasteiger partial charge in [0.2, 0.25) is 5.91 Å². The fourth-order valence-electron chi connectivity index (χ4n) is 2.40. The number of urea groups is 1. The third-order valence-corrected chi connectivity index (χ3v) is 3.53. The fraction of sp³-hybridized carbons (Fsp3) is 0.750. The molecular formula is C12H19N3O5. The third-order valence-electron chi connectivity index (χ3n) is 3.53. The van der Waals surface area contributed by atoms with Crippen molar-refractivity contribution < 1.29 is 24.2 Å². The van der Waals surface area contributed by atoms with Crippen molar-refractivity contribution in [1.82, 2.24) is 15.5 Å². The van der Waals surface area contributed by atoms with Gasteiger partial charge in [0.15, 0.2) is 0 Å². The number of carboxylic acids is 1. The molecule has 8 nitrogen and oxygen atoms in total. The van der Waals surface area contributed by atoms with E-state index in [0.29, 0.717) is 32.8 Å². The van der Waals surface area contributed by atoms with Crippen LogP contribution in [0.15, 0.2) is 0 Å². The molecule has 20 heavy (non-hydrogen) atoms. The van der Waals surface area contributed by atoms with Crippen LogP contribution in [0.25, 0.3) is 0 Å². The van der Waals surface area contributed by atoms with E-state index in [-0.39, 0.29) is 12.3 Å². The van der Waals surface area contributed by atoms with Crippen LogP contribution >= 0.6 is 0 Å². The van der Waals surface area contributed by atoms with Crippen molar-refractivity contribution >= 4 is 17.9 Å². The molecule has 2 rings (SSSR count). The molecule has 2 aliphatic heterocycles. The lowest BCUT2D eigenvalue weighted by atomic mass is 10.1. The van der Waals surface area contributed by atoms with E-state index in [1.807, 2.05) is 0 Å². The second-order valence-electron chi connectivity index (χ2n) is 5.01. The number of carbonyl (C=O) groups excluding carboxylic acids is 2. The second-order valence-corrected chi connectivity index (χ2v) is 5.01. The van der Waals surface area contributed by atoms with E-state index >= 15 is 0 Å². The Labute approximate surface area is 116 Å². The Bertz CT molecular complexity index is 395. The quantitative estimate of drug-likeness (QED) is 0.614. The van der Waals surface area contributed by atoms with E-state index in [4.69, 9.17) is 9.84 Å². The zero-order chi connectivity index (χ0) is 14.5. The minimum Gasteiger partial charge on any atom is -0.481 e. The summed E-state index contributed by atoms with van der Waals surface area (Å²) in [4.78, 5) is 35.9. The molecule has 3 amide bonds. The normalized spacial score (nSPS) is 26.2. The Balaban J connectivity index is 1.90. The van der Waals surface area contributed by atoms with E-state index in [9.17, 15) is 14.4 Å². The van der Waals surface area contributed by atoms with E-state index in [0.717, 1.165) is 6.42 Å². The molecular weight excluding hydrogens is 266 g/mol. The second kappa shape index (κ2) is 6.56. The highest BCUT2D eigenvalue weighted by Gasteiger charge is 2.34. The summed E-state index contributed by atoms with van der Waals surface area (Å²) in [5.41, 5.74) is 0. The number of piperazine rings is 1. The fourth-order valence-corrected chi connectivity index (χ4v) is 2.40. The average molecular weight is 285 g/mol. The molecule has 0 saturated carbocycles. The van der Waals surface area contributed by atoms with Gasteiger partial charge in [0.05, 0.1) is 13.0 Å². The number of ether oxygens (including phenoxy) is 1. The Morgan fingerprint density at radius 3 is 2.95 bits per heavy atom. The van der Waals surface area contributed by atoms with Crippen LogP contribution in [0.4, 0.5) is 4.79 Å². The Morgan fingerprint density at radius 1 is 1.50 bits per heavy atom. The molecule has 0 aromatic heterocycles. The molecule has 3 N–H and O–H groups in total. The van der Waals surface area contributed by atoms with Crippen molar-refractivity contribution in [2.75, 3.05) is 32.8 Å². The van der Waals surface area contributed by atoms with E-state index < -0.39 is 23.9 Å². The summed E-state index contributed by atoms with van der Waals surface area (Å²) >= 11 is 0. The molecule has 2 fully saturated rings. The molecule has 0 aromatic rings. The molecule has 0 bridgehead atoms. The molecule has 2 heterocycles. The summed E-state index contributed by atoms with van der Waals surface area (Å²) in [6.45, 7) is 2.47. The summed E-state index contributed by atoms with van der Waals surface area (Å²) in [5, 5.41) is 14.2. The predicted octanol–water partition coefficient (Wildman–Crippen LogP) is -0.992. The maximum absolute atomic E-state index is 12.1. The summed E-state index contributed by atoms with van der Waals surface area (Å²) in [5.74, 6) is -1.23. The van der Waals surface area contributed by atoms with Crippen LogP contribution in [0, 0.1) is 5.92 Å². The van der Waals surface area contributed by atoms with Crippen LogP contribution in [-0.2, 0) is 14.3 Å². The Hall–Kier alpha value is -1.83. The molecule has 0 aliphatic carbocycles. The van der Waals surface area contributed by atoms with Crippen LogP contribution in [0.1, 0.15) is 12.8 Å². The number of carboxylic acid groups (broad SMARTS) is 1. The van der Waals surface area contributed by atoms with Crippen LogP contribution in [0.3, 0.4) is 0 Å². The summed E-state index contributed by atoms with van der Waals surface area (Å²) in [7, 11) is 0. The standard InChI is InChI=1S/C12H19N3O5/c16-10(17)5-9-11(18)13-2-3-15(9)12(19)14-6-8-1-4-20-7-8/h8-9H,1-7H2,(H,13,18)(H,14,19)(H,16,17). The van der Waals surface area contributed by atoms with Gasteiger partial charge >= 0.3 is 12.0 Å². The zero-order valence-corrected chi connectivity index (χ0v) is 11.1. The van der Waals surface area contributed by atoms with Gasteiger partial charge < -0.3 is 25.4 Å². The van der Waals surface area contributed by atoms with Gasteiger partial charge in [0.1, 0.15) is 6.04 Å². The molecule has 112 valence electrons. The van der Waals surface area contributed by atoms with Crippen molar-refractivity contribution in [1.29, 1.82) is 0 Å². The van der Waals surface area contributed by atoms with Crippen molar-refractivity contribution in [3.8, 4) is 0 Å². The first-order valence-electron chi connectivity index (χ1n) is 6.69. The highest BCUT2D eigenvalue weighted by Crippen LogP contribution is 2.12. The summed E-state index contributed by atoms with van der Waals surface area (Å²) < 4.78 is 5.22. The number of nitrogens with one attached hydrogen (secondary N) is 2. The lowest BCUT2D eigenvalue weighted by Crippen LogP contribution is -2.60. The van der Waals surface area contributed by atoms with E-state index in [2.05, 4.69) is 10.6 Å². The van der Waals surface area contributed by atoms with Gasteiger partial charge in [0.25, 0.3) is 0 Å². The van der Waals surface area contributed by atoms with Gasteiger partial charge in [-0.1, -0.05) is 0 Å². The Morgan fingerprint density at radius 2 is 2.30 bits per heavy atom. The van der Waals surface area contributed by atoms with Gasteiger partial charge in [-0.25, -0.2) is 4.79 Å². The van der Waals surface area contributed by atoms with E-state index in [1.54, 1.807) is 0 Å². The van der Waals surface area contributed by atoms with Crippen molar-refractivity contribution in [2.24, 2.45) is 5.92 Å². The minimum absolute atomic E-state index is 0.287. The van der Waals surface area contributed by atoms with Crippen molar-refractivity contribution in [2.45, 2.75) is 18.9 Å². The molecule has 0 spiro atoms. The number of aliphatic carboxylic acids is 1.